The first-order chi connectivity index (χ1) is 7.75. The minimum atomic E-state index is 0. The van der Waals surface area contributed by atoms with Crippen LogP contribution in [0, 0.1) is 0 Å². The van der Waals surface area contributed by atoms with Gasteiger partial charge >= 0.3 is 112 Å². The monoisotopic (exact) mass is 353 g/mol. The van der Waals surface area contributed by atoms with E-state index in [9.17, 15) is 0 Å². The maximum atomic E-state index is 2.38. The Balaban J connectivity index is 0.000000810. The summed E-state index contributed by atoms with van der Waals surface area (Å²) in [5, 5.41) is 0. The predicted octanol–water partition coefficient (Wildman–Crippen LogP) is -2.04. The van der Waals surface area contributed by atoms with Crippen LogP contribution < -0.4 is 24.8 Å². The van der Waals surface area contributed by atoms with Gasteiger partial charge in [-0.05, 0) is 0 Å². The molecule has 1 aromatic carbocycles. The first kappa shape index (κ1) is 16.0. The average Bonchev–Trinajstić information content (AvgIpc) is 2.84. The number of halogens is 2. The van der Waals surface area contributed by atoms with Gasteiger partial charge < -0.3 is 24.8 Å². The fourth-order valence-corrected chi connectivity index (χ4v) is 3.77. The molecule has 0 spiro atoms. The molecule has 3 heteroatoms. The summed E-state index contributed by atoms with van der Waals surface area (Å²) in [6, 6.07) is 8.79. The Morgan fingerprint density at radius 1 is 1.11 bits per heavy atom. The maximum absolute atomic E-state index is 2.38. The Hall–Kier alpha value is -0.0969. The van der Waals surface area contributed by atoms with Gasteiger partial charge in [0, 0.05) is 0 Å². The third-order valence-corrected chi connectivity index (χ3v) is 4.87. The molecule has 0 radical (unpaired) electrons. The number of benzene rings is 1. The molecule has 0 aromatic heterocycles. The molecule has 91 valence electrons. The molecule has 2 aliphatic rings. The second-order valence-electron chi connectivity index (χ2n) is 4.48. The van der Waals surface area contributed by atoms with Gasteiger partial charge in [0.05, 0.1) is 0 Å². The van der Waals surface area contributed by atoms with Gasteiger partial charge in [-0.1, -0.05) is 0 Å². The van der Waals surface area contributed by atoms with Gasteiger partial charge in [-0.15, -0.1) is 0 Å². The first-order valence-corrected chi connectivity index (χ1v) is 7.07. The van der Waals surface area contributed by atoms with Gasteiger partial charge in [0.1, 0.15) is 0 Å². The molecule has 2 aliphatic carbocycles. The fourth-order valence-electron chi connectivity index (χ4n) is 2.47. The van der Waals surface area contributed by atoms with Crippen molar-refractivity contribution in [2.45, 2.75) is 17.0 Å². The van der Waals surface area contributed by atoms with E-state index in [-0.39, 0.29) is 24.8 Å². The molecule has 0 fully saturated rings. The third-order valence-electron chi connectivity index (χ3n) is 3.35. The Morgan fingerprint density at radius 3 is 2.44 bits per heavy atom. The van der Waals surface area contributed by atoms with Crippen LogP contribution in [0.2, 0.25) is 0 Å². The van der Waals surface area contributed by atoms with Crippen molar-refractivity contribution in [2.75, 3.05) is 0 Å². The van der Waals surface area contributed by atoms with Gasteiger partial charge in [-0.25, -0.2) is 0 Å². The second kappa shape index (κ2) is 6.37. The number of hydrogen-bond acceptors (Lipinski definition) is 0. The molecular weight excluding hydrogens is 342 g/mol. The molecule has 0 nitrogen and oxygen atoms in total. The zero-order valence-corrected chi connectivity index (χ0v) is 14.1. The third kappa shape index (κ3) is 2.74. The molecule has 18 heavy (non-hydrogen) atoms. The van der Waals surface area contributed by atoms with Crippen LogP contribution in [-0.4, -0.2) is 0 Å². The van der Waals surface area contributed by atoms with E-state index in [1.54, 1.807) is 30.3 Å². The van der Waals surface area contributed by atoms with Crippen molar-refractivity contribution in [1.29, 1.82) is 0 Å². The standard InChI is InChI=1S/C15H13.2ClH.Zr/c1-11-6-7-14(8-11)15-9-12-4-2-3-5-13(12)10-15;;;/h2-6,8-10H,7H2,1H3;2*1H;/q;;;+2/p-2. The summed E-state index contributed by atoms with van der Waals surface area (Å²) in [5.74, 6) is 0. The molecular formula is C15H13Cl2Zr. The molecule has 0 amide bonds. The zero-order chi connectivity index (χ0) is 11.1. The molecule has 0 N–H and O–H groups in total. The Labute approximate surface area is 136 Å². The van der Waals surface area contributed by atoms with Crippen molar-refractivity contribution < 1.29 is 49.5 Å². The first-order valence-electron chi connectivity index (χ1n) is 5.65. The minimum Gasteiger partial charge on any atom is -1.00 e. The summed E-state index contributed by atoms with van der Waals surface area (Å²) in [6.45, 7) is 2.19. The van der Waals surface area contributed by atoms with Gasteiger partial charge in [0.15, 0.2) is 0 Å². The van der Waals surface area contributed by atoms with Crippen LogP contribution in [0.3, 0.4) is 0 Å². The molecule has 1 unspecified atom stereocenters. The van der Waals surface area contributed by atoms with Crippen LogP contribution >= 0.6 is 0 Å². The van der Waals surface area contributed by atoms with Crippen molar-refractivity contribution in [3.05, 3.63) is 64.3 Å². The Morgan fingerprint density at radius 2 is 1.83 bits per heavy atom. The van der Waals surface area contributed by atoms with Gasteiger partial charge in [-0.3, -0.25) is 0 Å². The van der Waals surface area contributed by atoms with E-state index in [1.807, 2.05) is 0 Å². The van der Waals surface area contributed by atoms with E-state index in [2.05, 4.69) is 49.4 Å². The summed E-state index contributed by atoms with van der Waals surface area (Å²) in [4.78, 5) is 0. The molecule has 0 heterocycles. The van der Waals surface area contributed by atoms with Crippen LogP contribution in [0.4, 0.5) is 0 Å². The Bertz CT molecular complexity index is 541. The zero-order valence-electron chi connectivity index (χ0n) is 10.1. The molecule has 1 atom stereocenters. The molecule has 0 saturated carbocycles. The van der Waals surface area contributed by atoms with E-state index in [1.165, 1.54) is 22.3 Å². The number of hydrogen-bond donors (Lipinski definition) is 0. The van der Waals surface area contributed by atoms with E-state index in [4.69, 9.17) is 0 Å². The number of rotatable bonds is 1. The molecule has 1 aromatic rings. The van der Waals surface area contributed by atoms with Crippen molar-refractivity contribution >= 4 is 6.08 Å². The summed E-state index contributed by atoms with van der Waals surface area (Å²) < 4.78 is 0.647. The summed E-state index contributed by atoms with van der Waals surface area (Å²) in [5.41, 5.74) is 7.42. The van der Waals surface area contributed by atoms with Gasteiger partial charge in [0.25, 0.3) is 0 Å². The number of allylic oxidation sites excluding steroid dienone is 5. The fraction of sp³-hybridized carbons (Fsp3) is 0.200. The molecule has 0 saturated heterocycles. The van der Waals surface area contributed by atoms with E-state index in [0.29, 0.717) is 3.63 Å². The molecule has 0 aliphatic heterocycles. The van der Waals surface area contributed by atoms with E-state index < -0.39 is 0 Å². The van der Waals surface area contributed by atoms with E-state index in [0.717, 1.165) is 6.42 Å². The van der Waals surface area contributed by atoms with Crippen molar-refractivity contribution in [3.8, 4) is 0 Å². The van der Waals surface area contributed by atoms with Gasteiger partial charge in [0.2, 0.25) is 0 Å². The number of fused-ring (bicyclic) bond motifs is 1. The largest absolute Gasteiger partial charge is 1.00 e. The second-order valence-corrected chi connectivity index (χ2v) is 5.90. The van der Waals surface area contributed by atoms with E-state index >= 15 is 0 Å². The quantitative estimate of drug-likeness (QED) is 0.545. The van der Waals surface area contributed by atoms with Crippen LogP contribution in [0.15, 0.2) is 53.1 Å². The van der Waals surface area contributed by atoms with Crippen LogP contribution in [-0.2, 0) is 24.7 Å². The van der Waals surface area contributed by atoms with Crippen LogP contribution in [0.1, 0.15) is 28.1 Å². The van der Waals surface area contributed by atoms with Crippen molar-refractivity contribution in [3.63, 3.8) is 0 Å². The molecule has 0 bridgehead atoms. The van der Waals surface area contributed by atoms with Crippen LogP contribution in [0.25, 0.3) is 6.08 Å². The van der Waals surface area contributed by atoms with Crippen LogP contribution in [0.5, 0.6) is 0 Å². The summed E-state index contributed by atoms with van der Waals surface area (Å²) in [6.07, 6.45) is 8.17. The minimum absolute atomic E-state index is 0. The average molecular weight is 355 g/mol. The van der Waals surface area contributed by atoms with Gasteiger partial charge in [-0.2, -0.15) is 0 Å². The smallest absolute Gasteiger partial charge is 1.00 e. The molecule has 3 rings (SSSR count). The SMILES string of the molecule is CC1=CCC(C2=Cc3ccccc3[CH]2[Zr+2])=C1.[Cl-].[Cl-]. The summed E-state index contributed by atoms with van der Waals surface area (Å²) in [7, 11) is 0. The topological polar surface area (TPSA) is 0 Å². The summed E-state index contributed by atoms with van der Waals surface area (Å²) >= 11 is 1.60. The normalized spacial score (nSPS) is 20.2. The predicted molar refractivity (Wildman–Crippen MR) is 63.6 cm³/mol. The van der Waals surface area contributed by atoms with Crippen molar-refractivity contribution in [1.82, 2.24) is 0 Å². The Kier molecular flexibility index (Phi) is 5.65. The van der Waals surface area contributed by atoms with Crippen molar-refractivity contribution in [2.24, 2.45) is 0 Å². The maximum Gasteiger partial charge on any atom is -1.00 e.